The maximum Gasteiger partial charge on any atom is 0.268 e. The fraction of sp³-hybridized carbons (Fsp3) is 0.357. The number of carbonyl (C=O) groups excluding carboxylic acids is 1. The Hall–Kier alpha value is -1.97. The molecule has 4 nitrogen and oxygen atoms in total. The summed E-state index contributed by atoms with van der Waals surface area (Å²) < 4.78 is 7.23. The molecule has 96 valence electrons. The van der Waals surface area contributed by atoms with Crippen LogP contribution in [0, 0.1) is 5.92 Å². The number of aromatic nitrogens is 1. The van der Waals surface area contributed by atoms with Gasteiger partial charge in [-0.05, 0) is 5.92 Å². The van der Waals surface area contributed by atoms with Gasteiger partial charge in [-0.3, -0.25) is 4.79 Å². The van der Waals surface area contributed by atoms with Crippen LogP contribution in [-0.4, -0.2) is 17.0 Å². The highest BCUT2D eigenvalue weighted by Gasteiger charge is 2.16. The fourth-order valence-corrected chi connectivity index (χ4v) is 1.88. The van der Waals surface area contributed by atoms with Gasteiger partial charge in [-0.2, -0.15) is 0 Å². The molecule has 1 amide bonds. The number of furan rings is 1. The summed E-state index contributed by atoms with van der Waals surface area (Å²) in [5.74, 6) is 0.358. The van der Waals surface area contributed by atoms with E-state index in [1.807, 2.05) is 10.6 Å². The van der Waals surface area contributed by atoms with Gasteiger partial charge in [-0.15, -0.1) is 6.58 Å². The third kappa shape index (κ3) is 2.32. The van der Waals surface area contributed by atoms with Crippen LogP contribution in [0.2, 0.25) is 0 Å². The molecule has 18 heavy (non-hydrogen) atoms. The van der Waals surface area contributed by atoms with Gasteiger partial charge in [0.25, 0.3) is 5.91 Å². The van der Waals surface area contributed by atoms with Crippen molar-refractivity contribution in [1.82, 2.24) is 9.88 Å². The zero-order valence-electron chi connectivity index (χ0n) is 10.8. The number of nitrogens with one attached hydrogen (secondary N) is 1. The van der Waals surface area contributed by atoms with Crippen molar-refractivity contribution in [2.24, 2.45) is 5.92 Å². The van der Waals surface area contributed by atoms with E-state index in [-0.39, 0.29) is 5.91 Å². The lowest BCUT2D eigenvalue weighted by Crippen LogP contribution is -2.29. The average molecular weight is 246 g/mol. The maximum absolute atomic E-state index is 12.1. The molecule has 0 spiro atoms. The van der Waals surface area contributed by atoms with E-state index in [2.05, 4.69) is 25.7 Å². The minimum absolute atomic E-state index is 0.0723. The number of carbonyl (C=O) groups is 1. The normalized spacial score (nSPS) is 11.1. The molecule has 0 radical (unpaired) electrons. The summed E-state index contributed by atoms with van der Waals surface area (Å²) in [5, 5.41) is 2.91. The number of rotatable bonds is 5. The lowest BCUT2D eigenvalue weighted by atomic mass is 10.2. The smallest absolute Gasteiger partial charge is 0.268 e. The fourth-order valence-electron chi connectivity index (χ4n) is 1.88. The van der Waals surface area contributed by atoms with Gasteiger partial charge in [0.05, 0.1) is 11.8 Å². The molecule has 2 rings (SSSR count). The monoisotopic (exact) mass is 246 g/mol. The molecule has 2 heterocycles. The van der Waals surface area contributed by atoms with Crippen LogP contribution in [0.3, 0.4) is 0 Å². The van der Waals surface area contributed by atoms with Crippen molar-refractivity contribution in [3.63, 3.8) is 0 Å². The van der Waals surface area contributed by atoms with Gasteiger partial charge in [0.15, 0.2) is 5.58 Å². The van der Waals surface area contributed by atoms with Crippen LogP contribution in [0.1, 0.15) is 24.3 Å². The van der Waals surface area contributed by atoms with Gasteiger partial charge in [0.2, 0.25) is 0 Å². The van der Waals surface area contributed by atoms with Crippen molar-refractivity contribution in [2.75, 3.05) is 6.54 Å². The van der Waals surface area contributed by atoms with Gasteiger partial charge in [0, 0.05) is 25.2 Å². The van der Waals surface area contributed by atoms with Crippen LogP contribution >= 0.6 is 0 Å². The molecule has 1 N–H and O–H groups in total. The number of fused-ring (bicyclic) bond motifs is 1. The average Bonchev–Trinajstić information content (AvgIpc) is 2.89. The Morgan fingerprint density at radius 3 is 3.06 bits per heavy atom. The van der Waals surface area contributed by atoms with E-state index in [4.69, 9.17) is 4.42 Å². The highest BCUT2D eigenvalue weighted by atomic mass is 16.3. The summed E-state index contributed by atoms with van der Waals surface area (Å²) in [4.78, 5) is 12.1. The number of allylic oxidation sites excluding steroid dienone is 1. The zero-order valence-corrected chi connectivity index (χ0v) is 10.8. The topological polar surface area (TPSA) is 47.2 Å². The third-order valence-electron chi connectivity index (χ3n) is 2.74. The van der Waals surface area contributed by atoms with Crippen LogP contribution in [0.15, 0.2) is 35.5 Å². The van der Waals surface area contributed by atoms with Gasteiger partial charge in [-0.25, -0.2) is 0 Å². The van der Waals surface area contributed by atoms with E-state index in [0.29, 0.717) is 24.7 Å². The number of amides is 1. The largest absolute Gasteiger partial charge is 0.463 e. The Kier molecular flexibility index (Phi) is 3.55. The Morgan fingerprint density at radius 2 is 2.39 bits per heavy atom. The van der Waals surface area contributed by atoms with E-state index >= 15 is 0 Å². The van der Waals surface area contributed by atoms with Crippen molar-refractivity contribution >= 4 is 17.0 Å². The molecule has 0 unspecified atom stereocenters. The number of hydrogen-bond acceptors (Lipinski definition) is 2. The number of hydrogen-bond donors (Lipinski definition) is 1. The summed E-state index contributed by atoms with van der Waals surface area (Å²) in [6.07, 6.45) is 3.39. The van der Waals surface area contributed by atoms with E-state index < -0.39 is 0 Å². The van der Waals surface area contributed by atoms with Crippen molar-refractivity contribution < 1.29 is 9.21 Å². The lowest BCUT2D eigenvalue weighted by molar-refractivity contribution is 0.0940. The summed E-state index contributed by atoms with van der Waals surface area (Å²) in [6, 6.07) is 3.63. The highest BCUT2D eigenvalue weighted by Crippen LogP contribution is 2.21. The molecule has 2 aromatic rings. The zero-order chi connectivity index (χ0) is 13.1. The van der Waals surface area contributed by atoms with Crippen molar-refractivity contribution in [3.8, 4) is 0 Å². The molecular formula is C14H18N2O2. The lowest BCUT2D eigenvalue weighted by Gasteiger charge is -2.09. The van der Waals surface area contributed by atoms with Crippen LogP contribution in [0.4, 0.5) is 0 Å². The van der Waals surface area contributed by atoms with Crippen molar-refractivity contribution in [2.45, 2.75) is 20.4 Å². The molecule has 0 aliphatic carbocycles. The predicted molar refractivity (Wildman–Crippen MR) is 71.6 cm³/mol. The Labute approximate surface area is 106 Å². The van der Waals surface area contributed by atoms with E-state index in [1.54, 1.807) is 18.4 Å². The predicted octanol–water partition coefficient (Wildman–Crippen LogP) is 2.81. The summed E-state index contributed by atoms with van der Waals surface area (Å²) in [5.41, 5.74) is 2.26. The van der Waals surface area contributed by atoms with E-state index in [9.17, 15) is 4.79 Å². The van der Waals surface area contributed by atoms with Crippen molar-refractivity contribution in [1.29, 1.82) is 0 Å². The second-order valence-corrected chi connectivity index (χ2v) is 4.70. The standard InChI is InChI=1S/C14H18N2O2/c1-4-6-16-11-5-7-18-13(11)8-12(16)14(17)15-9-10(2)3/h4-5,7-8,10H,1,6,9H2,2-3H3,(H,15,17). The van der Waals surface area contributed by atoms with Gasteiger partial charge in [-0.1, -0.05) is 19.9 Å². The van der Waals surface area contributed by atoms with Crippen LogP contribution < -0.4 is 5.32 Å². The minimum atomic E-state index is -0.0723. The molecule has 0 saturated heterocycles. The minimum Gasteiger partial charge on any atom is -0.463 e. The Bertz CT molecular complexity index is 563. The Morgan fingerprint density at radius 1 is 1.61 bits per heavy atom. The van der Waals surface area contributed by atoms with Gasteiger partial charge in [0.1, 0.15) is 5.69 Å². The third-order valence-corrected chi connectivity index (χ3v) is 2.74. The van der Waals surface area contributed by atoms with Crippen LogP contribution in [-0.2, 0) is 6.54 Å². The molecule has 0 saturated carbocycles. The molecule has 0 bridgehead atoms. The van der Waals surface area contributed by atoms with E-state index in [0.717, 1.165) is 11.1 Å². The number of nitrogens with zero attached hydrogens (tertiary/aromatic N) is 1. The van der Waals surface area contributed by atoms with E-state index in [1.165, 1.54) is 0 Å². The molecular weight excluding hydrogens is 228 g/mol. The first-order chi connectivity index (χ1) is 8.63. The first kappa shape index (κ1) is 12.5. The van der Waals surface area contributed by atoms with Gasteiger partial charge >= 0.3 is 0 Å². The van der Waals surface area contributed by atoms with Crippen molar-refractivity contribution in [3.05, 3.63) is 36.7 Å². The maximum atomic E-state index is 12.1. The summed E-state index contributed by atoms with van der Waals surface area (Å²) in [7, 11) is 0. The molecule has 0 atom stereocenters. The molecule has 4 heteroatoms. The molecule has 0 aromatic carbocycles. The highest BCUT2D eigenvalue weighted by molar-refractivity contribution is 5.97. The second-order valence-electron chi connectivity index (χ2n) is 4.70. The Balaban J connectivity index is 2.30. The molecule has 0 aliphatic heterocycles. The summed E-state index contributed by atoms with van der Waals surface area (Å²) in [6.45, 7) is 9.10. The second kappa shape index (κ2) is 5.12. The first-order valence-corrected chi connectivity index (χ1v) is 6.09. The molecule has 2 aromatic heterocycles. The van der Waals surface area contributed by atoms with Crippen LogP contribution in [0.5, 0.6) is 0 Å². The molecule has 0 fully saturated rings. The quantitative estimate of drug-likeness (QED) is 0.825. The SMILES string of the molecule is C=CCn1c(C(=O)NCC(C)C)cc2occc21. The van der Waals surface area contributed by atoms with Gasteiger partial charge < -0.3 is 14.3 Å². The first-order valence-electron chi connectivity index (χ1n) is 6.09. The summed E-state index contributed by atoms with van der Waals surface area (Å²) >= 11 is 0. The molecule has 0 aliphatic rings. The van der Waals surface area contributed by atoms with Crippen LogP contribution in [0.25, 0.3) is 11.1 Å².